The molecule has 5 nitrogen and oxygen atoms in total. The Labute approximate surface area is 127 Å². The first-order valence-electron chi connectivity index (χ1n) is 6.68. The molecule has 0 bridgehead atoms. The van der Waals surface area contributed by atoms with Crippen molar-refractivity contribution in [1.82, 2.24) is 10.3 Å². The fraction of sp³-hybridized carbons (Fsp3) is 0.467. The summed E-state index contributed by atoms with van der Waals surface area (Å²) in [5.74, 6) is 5.97. The molecular formula is C15H20N2O3S. The molecule has 1 rings (SSSR count). The fourth-order valence-electron chi connectivity index (χ4n) is 1.57. The molecule has 1 heterocycles. The number of aliphatic hydroxyl groups is 1. The van der Waals surface area contributed by atoms with E-state index in [1.807, 2.05) is 6.92 Å². The number of amides is 1. The van der Waals surface area contributed by atoms with Crippen LogP contribution < -0.4 is 5.32 Å². The maximum absolute atomic E-state index is 12.1. The number of rotatable bonds is 6. The molecule has 2 N–H and O–H groups in total. The van der Waals surface area contributed by atoms with Crippen molar-refractivity contribution in [2.75, 3.05) is 18.6 Å². The van der Waals surface area contributed by atoms with E-state index in [2.05, 4.69) is 22.1 Å². The van der Waals surface area contributed by atoms with Crippen molar-refractivity contribution in [3.63, 3.8) is 0 Å². The molecule has 6 heteroatoms. The molecule has 21 heavy (non-hydrogen) atoms. The van der Waals surface area contributed by atoms with Crippen LogP contribution in [-0.2, 0) is 10.8 Å². The van der Waals surface area contributed by atoms with Crippen LogP contribution in [-0.4, -0.2) is 44.9 Å². The molecular weight excluding hydrogens is 288 g/mol. The standard InChI is InChI=1S/C15H20N2O3S/c1-12(6-8-21(2)20)17-15(19)14-9-13(10-16-11-14)5-3-4-7-18/h9-12,18H,4,6-8H2,1-2H3,(H,17,19). The molecule has 1 amide bonds. The van der Waals surface area contributed by atoms with Crippen molar-refractivity contribution in [3.8, 4) is 11.8 Å². The number of nitrogens with zero attached hydrogens (tertiary/aromatic N) is 1. The van der Waals surface area contributed by atoms with Crippen LogP contribution in [0.4, 0.5) is 0 Å². The average Bonchev–Trinajstić information content (AvgIpc) is 2.46. The van der Waals surface area contributed by atoms with Crippen LogP contribution in [0, 0.1) is 11.8 Å². The second kappa shape index (κ2) is 9.27. The number of hydrogen-bond donors (Lipinski definition) is 2. The maximum atomic E-state index is 12.1. The van der Waals surface area contributed by atoms with Gasteiger partial charge in [0.1, 0.15) is 0 Å². The molecule has 2 unspecified atom stereocenters. The third-order valence-electron chi connectivity index (χ3n) is 2.69. The number of carbonyl (C=O) groups is 1. The average molecular weight is 308 g/mol. The Hall–Kier alpha value is -1.71. The molecule has 0 radical (unpaired) electrons. The highest BCUT2D eigenvalue weighted by atomic mass is 32.2. The number of carbonyl (C=O) groups excluding carboxylic acids is 1. The van der Waals surface area contributed by atoms with Gasteiger partial charge in [0.2, 0.25) is 0 Å². The Bertz CT molecular complexity index is 564. The lowest BCUT2D eigenvalue weighted by atomic mass is 10.1. The zero-order chi connectivity index (χ0) is 15.7. The summed E-state index contributed by atoms with van der Waals surface area (Å²) < 4.78 is 11.0. The minimum atomic E-state index is -0.856. The third-order valence-corrected chi connectivity index (χ3v) is 3.50. The van der Waals surface area contributed by atoms with Gasteiger partial charge in [-0.2, -0.15) is 0 Å². The number of nitrogens with one attached hydrogen (secondary N) is 1. The molecule has 0 spiro atoms. The van der Waals surface area contributed by atoms with E-state index in [0.717, 1.165) is 0 Å². The van der Waals surface area contributed by atoms with Gasteiger partial charge in [0.15, 0.2) is 0 Å². The molecule has 2 atom stereocenters. The van der Waals surface area contributed by atoms with E-state index in [0.29, 0.717) is 29.7 Å². The third kappa shape index (κ3) is 7.02. The molecule has 0 aliphatic heterocycles. The van der Waals surface area contributed by atoms with Crippen LogP contribution in [0.3, 0.4) is 0 Å². The first-order valence-corrected chi connectivity index (χ1v) is 8.41. The first-order chi connectivity index (χ1) is 10.0. The van der Waals surface area contributed by atoms with Crippen molar-refractivity contribution in [2.24, 2.45) is 0 Å². The van der Waals surface area contributed by atoms with Gasteiger partial charge in [-0.1, -0.05) is 11.8 Å². The molecule has 1 aromatic rings. The molecule has 0 saturated carbocycles. The fourth-order valence-corrected chi connectivity index (χ4v) is 2.26. The molecule has 0 fully saturated rings. The Morgan fingerprint density at radius 1 is 1.52 bits per heavy atom. The molecule has 114 valence electrons. The van der Waals surface area contributed by atoms with Crippen LogP contribution >= 0.6 is 0 Å². The zero-order valence-electron chi connectivity index (χ0n) is 12.3. The predicted molar refractivity (Wildman–Crippen MR) is 83.3 cm³/mol. The number of aliphatic hydroxyl groups excluding tert-OH is 1. The number of aromatic nitrogens is 1. The number of pyridine rings is 1. The monoisotopic (exact) mass is 308 g/mol. The van der Waals surface area contributed by atoms with Crippen molar-refractivity contribution >= 4 is 16.7 Å². The van der Waals surface area contributed by atoms with Crippen molar-refractivity contribution in [1.29, 1.82) is 0 Å². The normalized spacial score (nSPS) is 12.9. The highest BCUT2D eigenvalue weighted by Crippen LogP contribution is 2.03. The predicted octanol–water partition coefficient (Wildman–Crippen LogP) is 0.702. The van der Waals surface area contributed by atoms with E-state index in [1.165, 1.54) is 6.20 Å². The molecule has 0 saturated heterocycles. The quantitative estimate of drug-likeness (QED) is 0.758. The van der Waals surface area contributed by atoms with Crippen molar-refractivity contribution < 1.29 is 14.1 Å². The van der Waals surface area contributed by atoms with Crippen LogP contribution in [0.2, 0.25) is 0 Å². The van der Waals surface area contributed by atoms with Gasteiger partial charge in [-0.15, -0.1) is 0 Å². The lowest BCUT2D eigenvalue weighted by Crippen LogP contribution is -2.33. The molecule has 0 aliphatic carbocycles. The van der Waals surface area contributed by atoms with Gasteiger partial charge in [-0.25, -0.2) is 0 Å². The van der Waals surface area contributed by atoms with Gasteiger partial charge in [0.25, 0.3) is 5.91 Å². The van der Waals surface area contributed by atoms with E-state index in [9.17, 15) is 9.00 Å². The summed E-state index contributed by atoms with van der Waals surface area (Å²) in [7, 11) is -0.856. The van der Waals surface area contributed by atoms with Gasteiger partial charge < -0.3 is 10.4 Å². The summed E-state index contributed by atoms with van der Waals surface area (Å²) in [5, 5.41) is 11.5. The van der Waals surface area contributed by atoms with Gasteiger partial charge >= 0.3 is 0 Å². The largest absolute Gasteiger partial charge is 0.395 e. The van der Waals surface area contributed by atoms with Gasteiger partial charge in [-0.3, -0.25) is 14.0 Å². The first kappa shape index (κ1) is 17.3. The van der Waals surface area contributed by atoms with Gasteiger partial charge in [0, 0.05) is 53.2 Å². The molecule has 0 aliphatic rings. The van der Waals surface area contributed by atoms with Crippen molar-refractivity contribution in [3.05, 3.63) is 29.6 Å². The van der Waals surface area contributed by atoms with Crippen LogP contribution in [0.1, 0.15) is 35.7 Å². The van der Waals surface area contributed by atoms with Crippen LogP contribution in [0.25, 0.3) is 0 Å². The summed E-state index contributed by atoms with van der Waals surface area (Å²) in [6.07, 6.45) is 5.76. The smallest absolute Gasteiger partial charge is 0.253 e. The Morgan fingerprint density at radius 2 is 2.29 bits per heavy atom. The maximum Gasteiger partial charge on any atom is 0.253 e. The van der Waals surface area contributed by atoms with E-state index in [-0.39, 0.29) is 18.6 Å². The SMILES string of the molecule is CC(CCS(C)=O)NC(=O)c1cncc(C#CCCO)c1. The summed E-state index contributed by atoms with van der Waals surface area (Å²) in [4.78, 5) is 16.1. The van der Waals surface area contributed by atoms with Gasteiger partial charge in [0.05, 0.1) is 12.2 Å². The lowest BCUT2D eigenvalue weighted by Gasteiger charge is -2.13. The van der Waals surface area contributed by atoms with E-state index in [4.69, 9.17) is 5.11 Å². The lowest BCUT2D eigenvalue weighted by molar-refractivity contribution is 0.0939. The molecule has 1 aromatic heterocycles. The Morgan fingerprint density at radius 3 is 2.95 bits per heavy atom. The minimum absolute atomic E-state index is 0.0108. The van der Waals surface area contributed by atoms with Crippen LogP contribution in [0.15, 0.2) is 18.5 Å². The second-order valence-corrected chi connectivity index (χ2v) is 6.23. The molecule has 0 aromatic carbocycles. The highest BCUT2D eigenvalue weighted by molar-refractivity contribution is 7.84. The summed E-state index contributed by atoms with van der Waals surface area (Å²) in [6, 6.07) is 1.61. The van der Waals surface area contributed by atoms with E-state index < -0.39 is 10.8 Å². The van der Waals surface area contributed by atoms with Crippen LogP contribution in [0.5, 0.6) is 0 Å². The Balaban J connectivity index is 2.64. The zero-order valence-corrected chi connectivity index (χ0v) is 13.1. The van der Waals surface area contributed by atoms with Crippen molar-refractivity contribution in [2.45, 2.75) is 25.8 Å². The van der Waals surface area contributed by atoms with Gasteiger partial charge in [-0.05, 0) is 19.4 Å². The summed E-state index contributed by atoms with van der Waals surface area (Å²) >= 11 is 0. The van der Waals surface area contributed by atoms with E-state index in [1.54, 1.807) is 18.5 Å². The summed E-state index contributed by atoms with van der Waals surface area (Å²) in [5.41, 5.74) is 1.08. The highest BCUT2D eigenvalue weighted by Gasteiger charge is 2.10. The topological polar surface area (TPSA) is 79.3 Å². The second-order valence-electron chi connectivity index (χ2n) is 4.68. The summed E-state index contributed by atoms with van der Waals surface area (Å²) in [6.45, 7) is 1.89. The number of hydrogen-bond acceptors (Lipinski definition) is 4. The Kier molecular flexibility index (Phi) is 7.65. The minimum Gasteiger partial charge on any atom is -0.395 e. The van der Waals surface area contributed by atoms with E-state index >= 15 is 0 Å².